The van der Waals surface area contributed by atoms with Crippen LogP contribution < -0.4 is 10.5 Å². The van der Waals surface area contributed by atoms with Crippen molar-refractivity contribution in [3.63, 3.8) is 0 Å². The minimum atomic E-state index is 0.0231. The summed E-state index contributed by atoms with van der Waals surface area (Å²) in [6.07, 6.45) is 4.13. The van der Waals surface area contributed by atoms with E-state index < -0.39 is 0 Å². The number of rotatable bonds is 2. The van der Waals surface area contributed by atoms with E-state index in [1.807, 2.05) is 4.90 Å². The van der Waals surface area contributed by atoms with Gasteiger partial charge >= 0.3 is 0 Å². The van der Waals surface area contributed by atoms with Crippen molar-refractivity contribution in [3.8, 4) is 5.75 Å². The molecule has 4 nitrogen and oxygen atoms in total. The van der Waals surface area contributed by atoms with Gasteiger partial charge < -0.3 is 15.4 Å². The summed E-state index contributed by atoms with van der Waals surface area (Å²) < 4.78 is 5.20. The summed E-state index contributed by atoms with van der Waals surface area (Å²) in [5.41, 5.74) is 6.86. The summed E-state index contributed by atoms with van der Waals surface area (Å²) in [6.45, 7) is 1.57. The third kappa shape index (κ3) is 2.52. The van der Waals surface area contributed by atoms with Gasteiger partial charge in [0.15, 0.2) is 0 Å². The fraction of sp³-hybridized carbons (Fsp3) is 0.385. The topological polar surface area (TPSA) is 55.6 Å². The number of carbonyl (C=O) groups is 1. The average Bonchev–Trinajstić information content (AvgIpc) is 2.39. The summed E-state index contributed by atoms with van der Waals surface area (Å²) in [6, 6.07) is 5.14. The minimum absolute atomic E-state index is 0.0231. The van der Waals surface area contributed by atoms with Crippen LogP contribution in [0.4, 0.5) is 5.69 Å². The van der Waals surface area contributed by atoms with Gasteiger partial charge in [-0.05, 0) is 31.4 Å². The maximum absolute atomic E-state index is 12.3. The molecule has 0 aliphatic carbocycles. The molecule has 0 saturated carbocycles. The lowest BCUT2D eigenvalue weighted by molar-refractivity contribution is 0.0738. The molecule has 1 aromatic rings. The normalized spacial score (nSPS) is 15.7. The molecule has 17 heavy (non-hydrogen) atoms. The first-order valence-corrected chi connectivity index (χ1v) is 5.77. The Kier molecular flexibility index (Phi) is 3.52. The zero-order valence-electron chi connectivity index (χ0n) is 9.98. The number of hydrogen-bond acceptors (Lipinski definition) is 3. The first-order chi connectivity index (χ1) is 8.22. The fourth-order valence-corrected chi connectivity index (χ4v) is 2.01. The average molecular weight is 233 g/mol. The van der Waals surface area contributed by atoms with Crippen LogP contribution in [0.3, 0.4) is 0 Å². The number of piperidine rings is 1. The number of nitrogens with zero attached hydrogens (tertiary/aromatic N) is 1. The molecule has 1 aliphatic rings. The van der Waals surface area contributed by atoms with E-state index in [0.717, 1.165) is 25.9 Å². The zero-order chi connectivity index (χ0) is 12.3. The van der Waals surface area contributed by atoms with E-state index in [1.165, 1.54) is 0 Å². The second-order valence-electron chi connectivity index (χ2n) is 4.12. The molecule has 1 saturated heterocycles. The van der Waals surface area contributed by atoms with Crippen LogP contribution in [0.1, 0.15) is 23.2 Å². The van der Waals surface area contributed by atoms with Crippen LogP contribution in [0.5, 0.6) is 5.75 Å². The smallest absolute Gasteiger partial charge is 0.257 e. The third-order valence-electron chi connectivity index (χ3n) is 2.95. The third-order valence-corrected chi connectivity index (χ3v) is 2.95. The fourth-order valence-electron chi connectivity index (χ4n) is 2.01. The lowest BCUT2D eigenvalue weighted by Gasteiger charge is -2.27. The molecule has 0 bridgehead atoms. The lowest BCUT2D eigenvalue weighted by atomic mass is 10.1. The first-order valence-electron chi connectivity index (χ1n) is 5.77. The highest BCUT2D eigenvalue weighted by Gasteiger charge is 2.21. The highest BCUT2D eigenvalue weighted by Crippen LogP contribution is 2.24. The lowest BCUT2D eigenvalue weighted by Crippen LogP contribution is -2.35. The zero-order valence-corrected chi connectivity index (χ0v) is 9.98. The van der Waals surface area contributed by atoms with Gasteiger partial charge in [0.25, 0.3) is 5.91 Å². The van der Waals surface area contributed by atoms with E-state index >= 15 is 0 Å². The number of methoxy groups -OCH3 is 1. The second-order valence-corrected chi connectivity index (χ2v) is 4.12. The van der Waals surface area contributed by atoms with E-state index in [0.29, 0.717) is 17.0 Å². The molecule has 1 heterocycles. The van der Waals surface area contributed by atoms with Crippen molar-refractivity contribution in [3.05, 3.63) is 30.2 Å². The molecular weight excluding hydrogens is 216 g/mol. The number of nitrogens with two attached hydrogens (primary N) is 1. The van der Waals surface area contributed by atoms with Gasteiger partial charge in [0, 0.05) is 24.8 Å². The van der Waals surface area contributed by atoms with Gasteiger partial charge in [0.2, 0.25) is 0 Å². The van der Waals surface area contributed by atoms with Crippen molar-refractivity contribution in [2.24, 2.45) is 0 Å². The van der Waals surface area contributed by atoms with E-state index in [-0.39, 0.29) is 5.91 Å². The number of amides is 1. The molecule has 1 amide bonds. The summed E-state index contributed by atoms with van der Waals surface area (Å²) >= 11 is 0. The van der Waals surface area contributed by atoms with Gasteiger partial charge in [-0.1, -0.05) is 0 Å². The van der Waals surface area contributed by atoms with Crippen LogP contribution in [0.15, 0.2) is 18.2 Å². The molecule has 91 valence electrons. The molecular formula is C13H17N2O2. The van der Waals surface area contributed by atoms with Crippen LogP contribution in [0.25, 0.3) is 0 Å². The molecule has 0 unspecified atom stereocenters. The predicted octanol–water partition coefficient (Wildman–Crippen LogP) is 1.72. The van der Waals surface area contributed by atoms with Crippen LogP contribution in [-0.2, 0) is 0 Å². The van der Waals surface area contributed by atoms with E-state index in [9.17, 15) is 4.79 Å². The Labute approximate surface area is 101 Å². The van der Waals surface area contributed by atoms with Gasteiger partial charge in [-0.3, -0.25) is 4.79 Å². The molecule has 0 atom stereocenters. The molecule has 4 heteroatoms. The molecule has 1 fully saturated rings. The number of anilines is 1. The quantitative estimate of drug-likeness (QED) is 0.791. The SMILES string of the molecule is COc1cc(N)ccc1C(=O)N1CC[CH]CC1. The standard InChI is InChI=1S/C13H17N2O2/c1-17-12-9-10(14)5-6-11(12)13(16)15-7-3-2-4-8-15/h2,5-6,9H,3-4,7-8,14H2,1H3. The second kappa shape index (κ2) is 5.08. The van der Waals surface area contributed by atoms with Gasteiger partial charge in [-0.2, -0.15) is 0 Å². The molecule has 2 rings (SSSR count). The van der Waals surface area contributed by atoms with Crippen molar-refractivity contribution in [2.75, 3.05) is 25.9 Å². The van der Waals surface area contributed by atoms with Crippen molar-refractivity contribution in [1.82, 2.24) is 4.90 Å². The molecule has 0 spiro atoms. The Morgan fingerprint density at radius 1 is 1.35 bits per heavy atom. The monoisotopic (exact) mass is 233 g/mol. The number of ether oxygens (including phenoxy) is 1. The number of hydrogen-bond donors (Lipinski definition) is 1. The first kappa shape index (κ1) is 11.8. The van der Waals surface area contributed by atoms with E-state index in [2.05, 4.69) is 6.42 Å². The van der Waals surface area contributed by atoms with Gasteiger partial charge in [-0.15, -0.1) is 0 Å². The van der Waals surface area contributed by atoms with E-state index in [4.69, 9.17) is 10.5 Å². The van der Waals surface area contributed by atoms with Crippen molar-refractivity contribution in [2.45, 2.75) is 12.8 Å². The largest absolute Gasteiger partial charge is 0.496 e. The summed E-state index contributed by atoms with van der Waals surface area (Å²) in [7, 11) is 1.55. The van der Waals surface area contributed by atoms with Crippen molar-refractivity contribution < 1.29 is 9.53 Å². The number of carbonyl (C=O) groups excluding carboxylic acids is 1. The van der Waals surface area contributed by atoms with Crippen LogP contribution in [0, 0.1) is 6.42 Å². The van der Waals surface area contributed by atoms with Gasteiger partial charge in [0.1, 0.15) is 5.75 Å². The Morgan fingerprint density at radius 2 is 2.06 bits per heavy atom. The Hall–Kier alpha value is -1.71. The molecule has 1 aliphatic heterocycles. The maximum atomic E-state index is 12.3. The summed E-state index contributed by atoms with van der Waals surface area (Å²) in [5, 5.41) is 0. The van der Waals surface area contributed by atoms with Crippen LogP contribution >= 0.6 is 0 Å². The molecule has 1 radical (unpaired) electrons. The Bertz CT molecular complexity index is 412. The van der Waals surface area contributed by atoms with Gasteiger partial charge in [0.05, 0.1) is 12.7 Å². The molecule has 0 aromatic heterocycles. The van der Waals surface area contributed by atoms with Crippen molar-refractivity contribution >= 4 is 11.6 Å². The molecule has 1 aromatic carbocycles. The van der Waals surface area contributed by atoms with Crippen LogP contribution in [-0.4, -0.2) is 31.0 Å². The highest BCUT2D eigenvalue weighted by atomic mass is 16.5. The minimum Gasteiger partial charge on any atom is -0.496 e. The van der Waals surface area contributed by atoms with Gasteiger partial charge in [-0.25, -0.2) is 0 Å². The number of nitrogen functional groups attached to an aromatic ring is 1. The Balaban J connectivity index is 2.23. The van der Waals surface area contributed by atoms with Crippen molar-refractivity contribution in [1.29, 1.82) is 0 Å². The van der Waals surface area contributed by atoms with Crippen LogP contribution in [0.2, 0.25) is 0 Å². The predicted molar refractivity (Wildman–Crippen MR) is 66.8 cm³/mol. The molecule has 2 N–H and O–H groups in total. The summed E-state index contributed by atoms with van der Waals surface area (Å²) in [5.74, 6) is 0.569. The number of likely N-dealkylation sites (tertiary alicyclic amines) is 1. The maximum Gasteiger partial charge on any atom is 0.257 e. The van der Waals surface area contributed by atoms with E-state index in [1.54, 1.807) is 25.3 Å². The summed E-state index contributed by atoms with van der Waals surface area (Å²) in [4.78, 5) is 14.1. The number of benzene rings is 1. The highest BCUT2D eigenvalue weighted by molar-refractivity contribution is 5.97. The Morgan fingerprint density at radius 3 is 2.71 bits per heavy atom.